The second-order valence-electron chi connectivity index (χ2n) is 5.39. The Labute approximate surface area is 109 Å². The summed E-state index contributed by atoms with van der Waals surface area (Å²) >= 11 is 0. The van der Waals surface area contributed by atoms with Gasteiger partial charge in [0, 0.05) is 19.6 Å². The van der Waals surface area contributed by atoms with Gasteiger partial charge in [-0.25, -0.2) is 0 Å². The van der Waals surface area contributed by atoms with Crippen molar-refractivity contribution in [2.24, 2.45) is 11.7 Å². The molecule has 2 atom stereocenters. The third kappa shape index (κ3) is 3.78. The second-order valence-corrected chi connectivity index (χ2v) is 5.39. The highest BCUT2D eigenvalue weighted by atomic mass is 16.5. The molecule has 1 aromatic rings. The lowest BCUT2D eigenvalue weighted by atomic mass is 10.0. The van der Waals surface area contributed by atoms with Crippen molar-refractivity contribution in [2.75, 3.05) is 7.11 Å². The van der Waals surface area contributed by atoms with E-state index in [1.165, 1.54) is 0 Å². The van der Waals surface area contributed by atoms with Crippen molar-refractivity contribution < 1.29 is 9.26 Å². The van der Waals surface area contributed by atoms with Crippen LogP contribution in [0, 0.1) is 5.92 Å². The molecule has 0 aromatic carbocycles. The lowest BCUT2D eigenvalue weighted by Crippen LogP contribution is -2.26. The van der Waals surface area contributed by atoms with Gasteiger partial charge in [-0.1, -0.05) is 25.9 Å². The van der Waals surface area contributed by atoms with Crippen molar-refractivity contribution in [1.82, 2.24) is 10.1 Å². The SMILES string of the molecule is CCC(C)(OC)c1noc(CC(N)CC(C)C)n1. The Morgan fingerprint density at radius 2 is 2.11 bits per heavy atom. The van der Waals surface area contributed by atoms with E-state index in [4.69, 9.17) is 15.0 Å². The lowest BCUT2D eigenvalue weighted by molar-refractivity contribution is -0.0106. The highest BCUT2D eigenvalue weighted by molar-refractivity contribution is 4.99. The minimum atomic E-state index is -0.482. The van der Waals surface area contributed by atoms with E-state index in [0.29, 0.717) is 24.1 Å². The van der Waals surface area contributed by atoms with E-state index in [0.717, 1.165) is 12.8 Å². The van der Waals surface area contributed by atoms with Crippen molar-refractivity contribution in [3.63, 3.8) is 0 Å². The fourth-order valence-corrected chi connectivity index (χ4v) is 1.86. The molecule has 0 saturated carbocycles. The van der Waals surface area contributed by atoms with E-state index in [-0.39, 0.29) is 6.04 Å². The van der Waals surface area contributed by atoms with Gasteiger partial charge in [0.15, 0.2) is 0 Å². The van der Waals surface area contributed by atoms with Gasteiger partial charge in [-0.3, -0.25) is 0 Å². The summed E-state index contributed by atoms with van der Waals surface area (Å²) < 4.78 is 10.7. The van der Waals surface area contributed by atoms with Crippen molar-refractivity contribution >= 4 is 0 Å². The Bertz CT molecular complexity index is 359. The number of ether oxygens (including phenoxy) is 1. The number of methoxy groups -OCH3 is 1. The molecule has 1 heterocycles. The van der Waals surface area contributed by atoms with E-state index in [1.54, 1.807) is 7.11 Å². The summed E-state index contributed by atoms with van der Waals surface area (Å²) in [7, 11) is 1.66. The van der Waals surface area contributed by atoms with Crippen molar-refractivity contribution in [2.45, 2.75) is 58.6 Å². The number of hydrogen-bond acceptors (Lipinski definition) is 5. The summed E-state index contributed by atoms with van der Waals surface area (Å²) in [6.07, 6.45) is 2.36. The molecule has 2 unspecified atom stereocenters. The molecule has 18 heavy (non-hydrogen) atoms. The number of hydrogen-bond donors (Lipinski definition) is 1. The highest BCUT2D eigenvalue weighted by Gasteiger charge is 2.30. The average molecular weight is 255 g/mol. The smallest absolute Gasteiger partial charge is 0.228 e. The molecule has 1 rings (SSSR count). The first-order valence-corrected chi connectivity index (χ1v) is 6.55. The van der Waals surface area contributed by atoms with Crippen LogP contribution in [0.4, 0.5) is 0 Å². The fraction of sp³-hybridized carbons (Fsp3) is 0.846. The molecule has 2 N–H and O–H groups in total. The molecule has 0 radical (unpaired) electrons. The Hall–Kier alpha value is -0.940. The lowest BCUT2D eigenvalue weighted by Gasteiger charge is -2.21. The molecule has 0 bridgehead atoms. The maximum atomic E-state index is 6.03. The molecule has 5 heteroatoms. The zero-order valence-corrected chi connectivity index (χ0v) is 12.1. The zero-order chi connectivity index (χ0) is 13.8. The summed E-state index contributed by atoms with van der Waals surface area (Å²) in [5.41, 5.74) is 5.55. The van der Waals surface area contributed by atoms with Crippen LogP contribution in [0.3, 0.4) is 0 Å². The minimum Gasteiger partial charge on any atom is -0.370 e. The highest BCUT2D eigenvalue weighted by Crippen LogP contribution is 2.25. The molecule has 0 spiro atoms. The molecule has 5 nitrogen and oxygen atoms in total. The van der Waals surface area contributed by atoms with Gasteiger partial charge in [0.2, 0.25) is 11.7 Å². The van der Waals surface area contributed by atoms with Gasteiger partial charge in [0.05, 0.1) is 0 Å². The van der Waals surface area contributed by atoms with Gasteiger partial charge >= 0.3 is 0 Å². The zero-order valence-electron chi connectivity index (χ0n) is 12.1. The van der Waals surface area contributed by atoms with Crippen LogP contribution in [-0.4, -0.2) is 23.3 Å². The Morgan fingerprint density at radius 1 is 1.44 bits per heavy atom. The Kier molecular flexibility index (Phi) is 5.28. The van der Waals surface area contributed by atoms with Gasteiger partial charge in [0.1, 0.15) is 5.60 Å². The molecule has 0 saturated heterocycles. The number of rotatable bonds is 7. The van der Waals surface area contributed by atoms with Crippen LogP contribution < -0.4 is 5.73 Å². The molecule has 0 aliphatic rings. The average Bonchev–Trinajstić information content (AvgIpc) is 2.75. The molecule has 104 valence electrons. The summed E-state index contributed by atoms with van der Waals surface area (Å²) in [6, 6.07) is 0.0636. The molecule has 0 amide bonds. The first kappa shape index (κ1) is 15.1. The minimum absolute atomic E-state index is 0.0636. The first-order chi connectivity index (χ1) is 8.41. The number of nitrogens with two attached hydrogens (primary N) is 1. The molecular weight excluding hydrogens is 230 g/mol. The molecule has 0 aliphatic heterocycles. The predicted octanol–water partition coefficient (Wildman–Crippen LogP) is 2.26. The molecule has 0 aliphatic carbocycles. The first-order valence-electron chi connectivity index (χ1n) is 6.55. The van der Waals surface area contributed by atoms with E-state index >= 15 is 0 Å². The largest absolute Gasteiger partial charge is 0.370 e. The summed E-state index contributed by atoms with van der Waals surface area (Å²) in [5, 5.41) is 4.00. The standard InChI is InChI=1S/C13H25N3O2/c1-6-13(4,17-5)12-15-11(18-16-12)8-10(14)7-9(2)3/h9-10H,6-8,14H2,1-5H3. The normalized spacial score (nSPS) is 16.8. The van der Waals surface area contributed by atoms with E-state index in [9.17, 15) is 0 Å². The van der Waals surface area contributed by atoms with Crippen LogP contribution in [0.25, 0.3) is 0 Å². The predicted molar refractivity (Wildman–Crippen MR) is 70.1 cm³/mol. The van der Waals surface area contributed by atoms with Crippen molar-refractivity contribution in [3.05, 3.63) is 11.7 Å². The van der Waals surface area contributed by atoms with E-state index in [2.05, 4.69) is 24.0 Å². The maximum Gasteiger partial charge on any atom is 0.228 e. The van der Waals surface area contributed by atoms with Gasteiger partial charge in [-0.2, -0.15) is 4.98 Å². The van der Waals surface area contributed by atoms with Gasteiger partial charge in [-0.05, 0) is 25.7 Å². The Morgan fingerprint density at radius 3 is 2.61 bits per heavy atom. The third-order valence-corrected chi connectivity index (χ3v) is 3.28. The Balaban J connectivity index is 2.69. The number of aromatic nitrogens is 2. The van der Waals surface area contributed by atoms with Crippen LogP contribution in [0.15, 0.2) is 4.52 Å². The van der Waals surface area contributed by atoms with Gasteiger partial charge in [0.25, 0.3) is 0 Å². The summed E-state index contributed by atoms with van der Waals surface area (Å²) in [4.78, 5) is 4.39. The quantitative estimate of drug-likeness (QED) is 0.809. The fourth-order valence-electron chi connectivity index (χ4n) is 1.86. The maximum absolute atomic E-state index is 6.03. The van der Waals surface area contributed by atoms with Crippen LogP contribution in [-0.2, 0) is 16.8 Å². The second kappa shape index (κ2) is 6.29. The summed E-state index contributed by atoms with van der Waals surface area (Å²) in [5.74, 6) is 1.76. The van der Waals surface area contributed by atoms with Gasteiger partial charge < -0.3 is 15.0 Å². The third-order valence-electron chi connectivity index (χ3n) is 3.28. The topological polar surface area (TPSA) is 74.2 Å². The van der Waals surface area contributed by atoms with Crippen LogP contribution >= 0.6 is 0 Å². The van der Waals surface area contributed by atoms with Crippen LogP contribution in [0.2, 0.25) is 0 Å². The van der Waals surface area contributed by atoms with E-state index < -0.39 is 5.60 Å². The van der Waals surface area contributed by atoms with E-state index in [1.807, 2.05) is 13.8 Å². The molecule has 1 aromatic heterocycles. The van der Waals surface area contributed by atoms with Crippen molar-refractivity contribution in [3.8, 4) is 0 Å². The van der Waals surface area contributed by atoms with Gasteiger partial charge in [-0.15, -0.1) is 0 Å². The molecule has 0 fully saturated rings. The summed E-state index contributed by atoms with van der Waals surface area (Å²) in [6.45, 7) is 8.29. The van der Waals surface area contributed by atoms with Crippen LogP contribution in [0.5, 0.6) is 0 Å². The molecular formula is C13H25N3O2. The van der Waals surface area contributed by atoms with Crippen molar-refractivity contribution in [1.29, 1.82) is 0 Å². The van der Waals surface area contributed by atoms with Crippen LogP contribution in [0.1, 0.15) is 52.3 Å². The number of nitrogens with zero attached hydrogens (tertiary/aromatic N) is 2. The monoisotopic (exact) mass is 255 g/mol.